The molecule has 7 nitrogen and oxygen atoms in total. The van der Waals surface area contributed by atoms with Gasteiger partial charge in [0.2, 0.25) is 10.0 Å². The van der Waals surface area contributed by atoms with Crippen LogP contribution in [0.25, 0.3) is 0 Å². The van der Waals surface area contributed by atoms with E-state index in [1.807, 2.05) is 0 Å². The number of carbonyl (C=O) groups excluding carboxylic acids is 2. The maximum atomic E-state index is 13.0. The molecule has 0 bridgehead atoms. The van der Waals surface area contributed by atoms with Crippen LogP contribution >= 0.6 is 0 Å². The molecule has 2 amide bonds. The second-order valence-electron chi connectivity index (χ2n) is 4.07. The fraction of sp³-hybridized carbons (Fsp3) is 0.273. The van der Waals surface area contributed by atoms with Crippen molar-refractivity contribution in [1.29, 1.82) is 0 Å². The average molecular weight is 320 g/mol. The smallest absolute Gasteiger partial charge is 0.417 e. The third-order valence-corrected chi connectivity index (χ3v) is 4.13. The van der Waals surface area contributed by atoms with Gasteiger partial charge in [-0.15, -0.1) is 0 Å². The first-order valence-corrected chi connectivity index (χ1v) is 7.21. The van der Waals surface area contributed by atoms with E-state index in [1.165, 1.54) is 0 Å². The van der Waals surface area contributed by atoms with Gasteiger partial charge in [0.05, 0.1) is 4.90 Å². The lowest BCUT2D eigenvalue weighted by Crippen LogP contribution is -2.37. The highest BCUT2D eigenvalue weighted by molar-refractivity contribution is 7.89. The Balaban J connectivity index is 2.00. The van der Waals surface area contributed by atoms with Gasteiger partial charge in [0, 0.05) is 13.1 Å². The number of nitrogens with one attached hydrogen (secondary N) is 1. The lowest BCUT2D eigenvalue weighted by molar-refractivity contribution is -0.125. The number of halogens is 2. The molecule has 1 fully saturated rings. The molecule has 1 saturated heterocycles. The number of amides is 2. The minimum absolute atomic E-state index is 0.222. The Kier molecular flexibility index (Phi) is 4.19. The number of rotatable bonds is 5. The van der Waals surface area contributed by atoms with E-state index in [2.05, 4.69) is 9.46 Å². The van der Waals surface area contributed by atoms with E-state index >= 15 is 0 Å². The van der Waals surface area contributed by atoms with Gasteiger partial charge in [-0.25, -0.2) is 31.6 Å². The Labute approximate surface area is 118 Å². The summed E-state index contributed by atoms with van der Waals surface area (Å²) in [7, 11) is -4.07. The van der Waals surface area contributed by atoms with Crippen molar-refractivity contribution in [3.63, 3.8) is 0 Å². The molecule has 21 heavy (non-hydrogen) atoms. The first-order valence-electron chi connectivity index (χ1n) is 5.73. The molecule has 0 aliphatic carbocycles. The Morgan fingerprint density at radius 1 is 1.24 bits per heavy atom. The molecule has 1 aliphatic heterocycles. The van der Waals surface area contributed by atoms with E-state index in [-0.39, 0.29) is 19.7 Å². The molecule has 0 unspecified atom stereocenters. The van der Waals surface area contributed by atoms with Crippen LogP contribution in [0.5, 0.6) is 0 Å². The molecule has 0 aromatic heterocycles. The minimum atomic E-state index is -4.07. The van der Waals surface area contributed by atoms with Crippen LogP contribution in [0.15, 0.2) is 23.1 Å². The third-order valence-electron chi connectivity index (χ3n) is 2.67. The maximum Gasteiger partial charge on any atom is 0.417 e. The Morgan fingerprint density at radius 3 is 2.52 bits per heavy atom. The first-order chi connectivity index (χ1) is 9.81. The highest BCUT2D eigenvalue weighted by Crippen LogP contribution is 2.13. The largest absolute Gasteiger partial charge is 0.439 e. The van der Waals surface area contributed by atoms with Crippen molar-refractivity contribution in [3.8, 4) is 0 Å². The van der Waals surface area contributed by atoms with Gasteiger partial charge in [-0.2, -0.15) is 0 Å². The summed E-state index contributed by atoms with van der Waals surface area (Å²) in [5.74, 6) is -3.04. The third kappa shape index (κ3) is 3.34. The number of sulfonamides is 1. The van der Waals surface area contributed by atoms with Gasteiger partial charge < -0.3 is 4.74 Å². The van der Waals surface area contributed by atoms with E-state index in [0.717, 1.165) is 11.0 Å². The molecule has 1 aliphatic rings. The molecule has 1 N–H and O–H groups in total. The van der Waals surface area contributed by atoms with Crippen molar-refractivity contribution in [1.82, 2.24) is 9.62 Å². The lowest BCUT2D eigenvalue weighted by Gasteiger charge is -2.11. The molecule has 1 aromatic carbocycles. The summed E-state index contributed by atoms with van der Waals surface area (Å²) in [6.45, 7) is -0.877. The number of benzene rings is 1. The van der Waals surface area contributed by atoms with Crippen LogP contribution in [0.4, 0.5) is 13.6 Å². The summed E-state index contributed by atoms with van der Waals surface area (Å²) in [5, 5.41) is 0. The predicted octanol–water partition coefficient (Wildman–Crippen LogP) is 0.222. The van der Waals surface area contributed by atoms with Crippen LogP contribution < -0.4 is 4.72 Å². The fourth-order valence-corrected chi connectivity index (χ4v) is 2.65. The number of carbonyl (C=O) groups is 2. The molecule has 0 spiro atoms. The molecule has 2 rings (SSSR count). The molecule has 1 aromatic rings. The monoisotopic (exact) mass is 320 g/mol. The molecule has 10 heteroatoms. The predicted molar refractivity (Wildman–Crippen MR) is 64.6 cm³/mol. The number of nitrogens with zero attached hydrogens (tertiary/aromatic N) is 1. The van der Waals surface area contributed by atoms with Crippen molar-refractivity contribution < 1.29 is 31.5 Å². The lowest BCUT2D eigenvalue weighted by atomic mass is 10.3. The maximum absolute atomic E-state index is 13.0. The summed E-state index contributed by atoms with van der Waals surface area (Å²) >= 11 is 0. The van der Waals surface area contributed by atoms with Gasteiger partial charge in [0.1, 0.15) is 0 Å². The van der Waals surface area contributed by atoms with E-state index < -0.39 is 38.6 Å². The average Bonchev–Trinajstić information content (AvgIpc) is 2.73. The molecule has 0 atom stereocenters. The van der Waals surface area contributed by atoms with Crippen LogP contribution in [-0.2, 0) is 19.6 Å². The van der Waals surface area contributed by atoms with Gasteiger partial charge in [-0.05, 0) is 18.2 Å². The molecular weight excluding hydrogens is 310 g/mol. The van der Waals surface area contributed by atoms with Gasteiger partial charge in [0.25, 0.3) is 5.91 Å². The van der Waals surface area contributed by atoms with Crippen LogP contribution in [0.2, 0.25) is 0 Å². The van der Waals surface area contributed by atoms with Crippen molar-refractivity contribution in [3.05, 3.63) is 29.8 Å². The second kappa shape index (κ2) is 5.74. The van der Waals surface area contributed by atoms with E-state index in [4.69, 9.17) is 0 Å². The van der Waals surface area contributed by atoms with Gasteiger partial charge in [-0.1, -0.05) is 0 Å². The number of hydrogen-bond acceptors (Lipinski definition) is 5. The summed E-state index contributed by atoms with van der Waals surface area (Å²) in [6.07, 6.45) is -0.855. The topological polar surface area (TPSA) is 92.8 Å². The Morgan fingerprint density at radius 2 is 1.95 bits per heavy atom. The molecule has 114 valence electrons. The standard InChI is InChI=1S/C11H10F2N2O5S/c12-8-2-1-7(5-9(8)13)21(18,19)14-3-4-15-10(16)6-20-11(15)17/h1-2,5,14H,3-4,6H2. The zero-order valence-corrected chi connectivity index (χ0v) is 11.3. The zero-order valence-electron chi connectivity index (χ0n) is 10.5. The molecular formula is C11H10F2N2O5S. The highest BCUT2D eigenvalue weighted by atomic mass is 32.2. The Bertz CT molecular complexity index is 676. The number of ether oxygens (including phenoxy) is 1. The number of cyclic esters (lactones) is 1. The van der Waals surface area contributed by atoms with E-state index in [0.29, 0.717) is 12.1 Å². The molecule has 1 heterocycles. The van der Waals surface area contributed by atoms with Crippen LogP contribution in [-0.4, -0.2) is 45.0 Å². The van der Waals surface area contributed by atoms with Gasteiger partial charge >= 0.3 is 6.09 Å². The normalized spacial score (nSPS) is 15.4. The van der Waals surface area contributed by atoms with Crippen LogP contribution in [0.3, 0.4) is 0 Å². The van der Waals surface area contributed by atoms with Crippen molar-refractivity contribution in [2.75, 3.05) is 19.7 Å². The van der Waals surface area contributed by atoms with Crippen molar-refractivity contribution in [2.45, 2.75) is 4.90 Å². The zero-order chi connectivity index (χ0) is 15.6. The molecule has 0 saturated carbocycles. The fourth-order valence-electron chi connectivity index (χ4n) is 1.62. The first kappa shape index (κ1) is 15.3. The highest BCUT2D eigenvalue weighted by Gasteiger charge is 2.30. The van der Waals surface area contributed by atoms with Gasteiger partial charge in [-0.3, -0.25) is 4.79 Å². The summed E-state index contributed by atoms with van der Waals surface area (Å²) < 4.78 is 55.9. The summed E-state index contributed by atoms with van der Waals surface area (Å²) in [6, 6.07) is 2.12. The van der Waals surface area contributed by atoms with Crippen LogP contribution in [0.1, 0.15) is 0 Å². The van der Waals surface area contributed by atoms with Crippen LogP contribution in [0, 0.1) is 11.6 Å². The van der Waals surface area contributed by atoms with E-state index in [1.54, 1.807) is 0 Å². The minimum Gasteiger partial charge on any atom is -0.439 e. The Hall–Kier alpha value is -2.07. The SMILES string of the molecule is O=C1COC(=O)N1CCNS(=O)(=O)c1ccc(F)c(F)c1. The molecule has 0 radical (unpaired) electrons. The van der Waals surface area contributed by atoms with Crippen molar-refractivity contribution in [2.24, 2.45) is 0 Å². The number of imide groups is 1. The summed E-state index contributed by atoms with van der Waals surface area (Å²) in [4.78, 5) is 22.6. The second-order valence-corrected chi connectivity index (χ2v) is 5.84. The summed E-state index contributed by atoms with van der Waals surface area (Å²) in [5.41, 5.74) is 0. The van der Waals surface area contributed by atoms with Gasteiger partial charge in [0.15, 0.2) is 18.2 Å². The van der Waals surface area contributed by atoms with Crippen molar-refractivity contribution >= 4 is 22.0 Å². The quantitative estimate of drug-likeness (QED) is 0.838. The van der Waals surface area contributed by atoms with E-state index in [9.17, 15) is 26.8 Å². The number of hydrogen-bond donors (Lipinski definition) is 1.